The standard InChI is InChI=1S/C23H18F3N7O3/c24-23(25,26)18-10-11-20(35)32(13-18)14-19(34)27-29-22(36)17-8-6-15(7-9-17)12-33-30-21(28-31-33)16-4-2-1-3-5-16/h1-11,13H,12,14H2,(H,27,34)(H,29,36). The first-order valence-corrected chi connectivity index (χ1v) is 10.5. The highest BCUT2D eigenvalue weighted by Crippen LogP contribution is 2.27. The van der Waals surface area contributed by atoms with Crippen molar-refractivity contribution < 1.29 is 22.8 Å². The molecule has 2 amide bonds. The Labute approximate surface area is 201 Å². The van der Waals surface area contributed by atoms with Gasteiger partial charge in [0, 0.05) is 23.4 Å². The molecule has 2 aromatic heterocycles. The van der Waals surface area contributed by atoms with E-state index in [1.54, 1.807) is 12.1 Å². The molecule has 0 bridgehead atoms. The molecule has 36 heavy (non-hydrogen) atoms. The Morgan fingerprint density at radius 2 is 1.64 bits per heavy atom. The third-order valence-electron chi connectivity index (χ3n) is 4.97. The first-order chi connectivity index (χ1) is 17.2. The molecule has 184 valence electrons. The van der Waals surface area contributed by atoms with Gasteiger partial charge in [-0.3, -0.25) is 25.2 Å². The number of aromatic nitrogens is 5. The number of hydrogen-bond acceptors (Lipinski definition) is 6. The summed E-state index contributed by atoms with van der Waals surface area (Å²) >= 11 is 0. The predicted molar refractivity (Wildman–Crippen MR) is 120 cm³/mol. The number of amides is 2. The van der Waals surface area contributed by atoms with E-state index in [1.807, 2.05) is 30.3 Å². The van der Waals surface area contributed by atoms with Gasteiger partial charge in [0.15, 0.2) is 0 Å². The molecule has 13 heteroatoms. The van der Waals surface area contributed by atoms with E-state index in [4.69, 9.17) is 0 Å². The minimum Gasteiger partial charge on any atom is -0.305 e. The van der Waals surface area contributed by atoms with Crippen LogP contribution >= 0.6 is 0 Å². The second kappa shape index (κ2) is 10.2. The molecule has 4 aromatic rings. The molecule has 0 aliphatic rings. The number of tetrazole rings is 1. The second-order valence-electron chi connectivity index (χ2n) is 7.59. The van der Waals surface area contributed by atoms with E-state index < -0.39 is 35.7 Å². The molecule has 0 spiro atoms. The summed E-state index contributed by atoms with van der Waals surface area (Å²) in [6.07, 6.45) is -4.13. The van der Waals surface area contributed by atoms with Gasteiger partial charge in [0.2, 0.25) is 5.82 Å². The maximum absolute atomic E-state index is 12.8. The summed E-state index contributed by atoms with van der Waals surface area (Å²) in [4.78, 5) is 37.5. The van der Waals surface area contributed by atoms with Gasteiger partial charge in [-0.05, 0) is 29.0 Å². The van der Waals surface area contributed by atoms with Crippen molar-refractivity contribution in [2.45, 2.75) is 19.3 Å². The van der Waals surface area contributed by atoms with E-state index in [1.165, 1.54) is 16.9 Å². The fourth-order valence-corrected chi connectivity index (χ4v) is 3.15. The van der Waals surface area contributed by atoms with Crippen molar-refractivity contribution in [3.63, 3.8) is 0 Å². The minimum atomic E-state index is -4.67. The number of pyridine rings is 1. The highest BCUT2D eigenvalue weighted by Gasteiger charge is 2.31. The molecule has 0 radical (unpaired) electrons. The van der Waals surface area contributed by atoms with Crippen molar-refractivity contribution in [1.29, 1.82) is 0 Å². The van der Waals surface area contributed by atoms with Crippen molar-refractivity contribution in [1.82, 2.24) is 35.6 Å². The maximum Gasteiger partial charge on any atom is 0.417 e. The molecule has 2 heterocycles. The van der Waals surface area contributed by atoms with Gasteiger partial charge in [0.05, 0.1) is 12.1 Å². The zero-order valence-corrected chi connectivity index (χ0v) is 18.4. The van der Waals surface area contributed by atoms with Crippen LogP contribution in [0.25, 0.3) is 11.4 Å². The van der Waals surface area contributed by atoms with Gasteiger partial charge in [0.1, 0.15) is 6.54 Å². The average molecular weight is 497 g/mol. The van der Waals surface area contributed by atoms with E-state index in [0.717, 1.165) is 11.1 Å². The summed E-state index contributed by atoms with van der Waals surface area (Å²) in [5.74, 6) is -1.06. The fourth-order valence-electron chi connectivity index (χ4n) is 3.15. The normalized spacial score (nSPS) is 11.2. The number of rotatable bonds is 6. The number of carbonyl (C=O) groups excluding carboxylic acids is 2. The van der Waals surface area contributed by atoms with E-state index >= 15 is 0 Å². The summed E-state index contributed by atoms with van der Waals surface area (Å²) in [6, 6.07) is 17.1. The van der Waals surface area contributed by atoms with E-state index in [2.05, 4.69) is 26.3 Å². The van der Waals surface area contributed by atoms with Gasteiger partial charge in [-0.2, -0.15) is 18.0 Å². The van der Waals surface area contributed by atoms with Gasteiger partial charge in [-0.25, -0.2) is 0 Å². The largest absolute Gasteiger partial charge is 0.417 e. The number of carbonyl (C=O) groups is 2. The van der Waals surface area contributed by atoms with Crippen molar-refractivity contribution in [2.75, 3.05) is 0 Å². The number of nitrogens with zero attached hydrogens (tertiary/aromatic N) is 5. The number of nitrogens with one attached hydrogen (secondary N) is 2. The lowest BCUT2D eigenvalue weighted by atomic mass is 10.1. The zero-order chi connectivity index (χ0) is 25.7. The van der Waals surface area contributed by atoms with Crippen molar-refractivity contribution in [3.8, 4) is 11.4 Å². The van der Waals surface area contributed by atoms with Gasteiger partial charge in [0.25, 0.3) is 17.4 Å². The maximum atomic E-state index is 12.8. The molecule has 0 aliphatic carbocycles. The molecule has 10 nitrogen and oxygen atoms in total. The lowest BCUT2D eigenvalue weighted by Gasteiger charge is -2.11. The third kappa shape index (κ3) is 6.00. The van der Waals surface area contributed by atoms with E-state index in [0.29, 0.717) is 35.3 Å². The van der Waals surface area contributed by atoms with Crippen LogP contribution in [0.2, 0.25) is 0 Å². The Morgan fingerprint density at radius 3 is 2.33 bits per heavy atom. The molecule has 2 N–H and O–H groups in total. The van der Waals surface area contributed by atoms with Gasteiger partial charge in [-0.15, -0.1) is 10.2 Å². The molecule has 4 rings (SSSR count). The number of hydrogen-bond donors (Lipinski definition) is 2. The van der Waals surface area contributed by atoms with Crippen LogP contribution in [0, 0.1) is 0 Å². The van der Waals surface area contributed by atoms with Gasteiger partial charge >= 0.3 is 6.18 Å². The molecule has 0 saturated carbocycles. The van der Waals surface area contributed by atoms with E-state index in [9.17, 15) is 27.6 Å². The highest BCUT2D eigenvalue weighted by atomic mass is 19.4. The SMILES string of the molecule is O=C(Cn1cc(C(F)(F)F)ccc1=O)NNC(=O)c1ccc(Cn2nnc(-c3ccccc3)n2)cc1. The summed E-state index contributed by atoms with van der Waals surface area (Å²) in [5, 5.41) is 12.4. The van der Waals surface area contributed by atoms with Crippen LogP contribution in [-0.2, 0) is 24.1 Å². The van der Waals surface area contributed by atoms with Crippen LogP contribution in [0.1, 0.15) is 21.5 Å². The van der Waals surface area contributed by atoms with Crippen LogP contribution in [0.5, 0.6) is 0 Å². The fraction of sp³-hybridized carbons (Fsp3) is 0.130. The summed E-state index contributed by atoms with van der Waals surface area (Å²) in [7, 11) is 0. The predicted octanol–water partition coefficient (Wildman–Crippen LogP) is 2.03. The number of hydrazine groups is 1. The third-order valence-corrected chi connectivity index (χ3v) is 4.97. The molecule has 0 fully saturated rings. The molecule has 0 atom stereocenters. The summed E-state index contributed by atoms with van der Waals surface area (Å²) in [6.45, 7) is -0.401. The first-order valence-electron chi connectivity index (χ1n) is 10.5. The average Bonchev–Trinajstić information content (AvgIpc) is 3.33. The van der Waals surface area contributed by atoms with Crippen molar-refractivity contribution in [3.05, 3.63) is 100.0 Å². The summed E-state index contributed by atoms with van der Waals surface area (Å²) < 4.78 is 39.0. The molecule has 0 saturated heterocycles. The monoisotopic (exact) mass is 497 g/mol. The molecular formula is C23H18F3N7O3. The molecule has 2 aromatic carbocycles. The minimum absolute atomic E-state index is 0.215. The molecule has 0 aliphatic heterocycles. The lowest BCUT2D eigenvalue weighted by molar-refractivity contribution is -0.138. The zero-order valence-electron chi connectivity index (χ0n) is 18.4. The smallest absolute Gasteiger partial charge is 0.305 e. The first kappa shape index (κ1) is 24.3. The van der Waals surface area contributed by atoms with Gasteiger partial charge in [-0.1, -0.05) is 42.5 Å². The van der Waals surface area contributed by atoms with Crippen LogP contribution in [0.15, 0.2) is 77.7 Å². The van der Waals surface area contributed by atoms with Crippen LogP contribution in [-0.4, -0.2) is 36.6 Å². The number of benzene rings is 2. The van der Waals surface area contributed by atoms with Crippen LogP contribution in [0.3, 0.4) is 0 Å². The van der Waals surface area contributed by atoms with Gasteiger partial charge < -0.3 is 4.57 Å². The molecular weight excluding hydrogens is 479 g/mol. The van der Waals surface area contributed by atoms with Crippen LogP contribution in [0.4, 0.5) is 13.2 Å². The Morgan fingerprint density at radius 1 is 0.917 bits per heavy atom. The van der Waals surface area contributed by atoms with Crippen molar-refractivity contribution in [2.24, 2.45) is 0 Å². The lowest BCUT2D eigenvalue weighted by Crippen LogP contribution is -2.44. The summed E-state index contributed by atoms with van der Waals surface area (Å²) in [5.41, 5.74) is 4.20. The van der Waals surface area contributed by atoms with Crippen LogP contribution < -0.4 is 16.4 Å². The van der Waals surface area contributed by atoms with Crippen molar-refractivity contribution >= 4 is 11.8 Å². The Hall–Kier alpha value is -4.81. The van der Waals surface area contributed by atoms with E-state index in [-0.39, 0.29) is 5.56 Å². The number of alkyl halides is 3. The Balaban J connectivity index is 1.31. The second-order valence-corrected chi connectivity index (χ2v) is 7.59. The Kier molecular flexibility index (Phi) is 6.90. The Bertz CT molecular complexity index is 1430. The highest BCUT2D eigenvalue weighted by molar-refractivity contribution is 5.95. The quantitative estimate of drug-likeness (QED) is 0.393. The molecule has 0 unspecified atom stereocenters. The topological polar surface area (TPSA) is 124 Å². The number of halogens is 3.